The van der Waals surface area contributed by atoms with Gasteiger partial charge in [0, 0.05) is 37.5 Å². The first kappa shape index (κ1) is 36.2. The number of nitrogens with one attached hydrogen (secondary N) is 1. The first-order valence-electron chi connectivity index (χ1n) is 17.0. The molecule has 1 unspecified atom stereocenters. The normalized spacial score (nSPS) is 29.2. The van der Waals surface area contributed by atoms with Crippen LogP contribution in [0.1, 0.15) is 63.0 Å². The maximum Gasteiger partial charge on any atom is 0.313 e. The predicted molar refractivity (Wildman–Crippen MR) is 182 cm³/mol. The highest BCUT2D eigenvalue weighted by Gasteiger charge is 2.77. The first-order valence-corrected chi connectivity index (χ1v) is 17.9. The lowest BCUT2D eigenvalue weighted by Gasteiger charge is -2.40. The van der Waals surface area contributed by atoms with Gasteiger partial charge in [-0.25, -0.2) is 0 Å². The third-order valence-electron chi connectivity index (χ3n) is 10.3. The number of aliphatic hydroxyl groups excluding tert-OH is 1. The van der Waals surface area contributed by atoms with Crippen molar-refractivity contribution in [2.75, 3.05) is 33.4 Å². The van der Waals surface area contributed by atoms with Gasteiger partial charge in [-0.2, -0.15) is 0 Å². The molecule has 1 aromatic carbocycles. The number of β-amino-alcohol motifs (C(OH)–C–C–N with tert-alkyl or cyclic N) is 1. The highest BCUT2D eigenvalue weighted by atomic mass is 79.9. The number of hydrogen-bond acceptors (Lipinski definition) is 8. The van der Waals surface area contributed by atoms with Crippen molar-refractivity contribution >= 4 is 39.6 Å². The summed E-state index contributed by atoms with van der Waals surface area (Å²) >= 11 is 3.72. The minimum Gasteiger partial charge on any atom is -0.455 e. The Bertz CT molecular complexity index is 1340. The Kier molecular flexibility index (Phi) is 12.2. The molecule has 48 heavy (non-hydrogen) atoms. The standard InChI is InChI=1S/C36H48BrN3O8/c1-4-6-17-27(42)38-26(22-46-3)30(23-13-9-7-10-14-23)47-35(45)28-29-33(43)40(19-20-41)32(36(29)21-25(37)31(28)48-36)34(44)39(18-5-2)24-15-11-8-12-16-24/h4-5,7,9-10,13-14,24-26,28-32,41H,1-2,6,8,11-12,15-22H2,3H3,(H,38,42)/t25?,26-,28+,29-,30-,31+,32+,36-/m1/s1. The Balaban J connectivity index is 1.48. The summed E-state index contributed by atoms with van der Waals surface area (Å²) in [7, 11) is 1.50. The molecule has 2 N–H and O–H groups in total. The topological polar surface area (TPSA) is 135 Å². The van der Waals surface area contributed by atoms with Gasteiger partial charge >= 0.3 is 5.97 Å². The number of allylic oxidation sites excluding steroid dienone is 1. The van der Waals surface area contributed by atoms with Gasteiger partial charge in [-0.3, -0.25) is 19.2 Å². The number of amides is 3. The predicted octanol–water partition coefficient (Wildman–Crippen LogP) is 3.46. The summed E-state index contributed by atoms with van der Waals surface area (Å²) in [5.41, 5.74) is -0.640. The molecular formula is C36H48BrN3O8. The summed E-state index contributed by atoms with van der Waals surface area (Å²) in [5, 5.41) is 13.0. The van der Waals surface area contributed by atoms with Crippen LogP contribution in [0.15, 0.2) is 55.6 Å². The number of aliphatic hydroxyl groups is 1. The van der Waals surface area contributed by atoms with E-state index in [1.54, 1.807) is 24.3 Å². The average Bonchev–Trinajstić information content (AvgIpc) is 3.68. The van der Waals surface area contributed by atoms with Gasteiger partial charge in [0.05, 0.1) is 37.2 Å². The number of carbonyl (C=O) groups excluding carboxylic acids is 4. The third kappa shape index (κ3) is 6.99. The molecule has 262 valence electrons. The number of likely N-dealkylation sites (tertiary alicyclic amines) is 1. The van der Waals surface area contributed by atoms with Crippen molar-refractivity contribution < 1.29 is 38.5 Å². The lowest BCUT2D eigenvalue weighted by Crippen LogP contribution is -2.59. The number of nitrogens with zero attached hydrogens (tertiary/aromatic N) is 2. The molecule has 4 aliphatic rings. The summed E-state index contributed by atoms with van der Waals surface area (Å²) in [4.78, 5) is 59.1. The fourth-order valence-electron chi connectivity index (χ4n) is 8.26. The maximum atomic E-state index is 14.6. The minimum absolute atomic E-state index is 0.0101. The number of methoxy groups -OCH3 is 1. The quantitative estimate of drug-likeness (QED) is 0.150. The lowest BCUT2D eigenvalue weighted by atomic mass is 9.70. The lowest BCUT2D eigenvalue weighted by molar-refractivity contribution is -0.163. The van der Waals surface area contributed by atoms with E-state index in [0.717, 1.165) is 32.1 Å². The molecule has 1 aromatic rings. The molecule has 1 spiro atoms. The Hall–Kier alpha value is -3.06. The number of alkyl halides is 1. The monoisotopic (exact) mass is 729 g/mol. The second kappa shape index (κ2) is 16.1. The Morgan fingerprint density at radius 1 is 1.19 bits per heavy atom. The van der Waals surface area contributed by atoms with E-state index >= 15 is 0 Å². The van der Waals surface area contributed by atoms with Crippen molar-refractivity contribution in [2.45, 2.75) is 92.1 Å². The average molecular weight is 731 g/mol. The summed E-state index contributed by atoms with van der Waals surface area (Å²) < 4.78 is 18.4. The van der Waals surface area contributed by atoms with E-state index in [2.05, 4.69) is 34.4 Å². The first-order chi connectivity index (χ1) is 23.2. The van der Waals surface area contributed by atoms with Gasteiger partial charge < -0.3 is 34.4 Å². The number of hydrogen-bond donors (Lipinski definition) is 2. The van der Waals surface area contributed by atoms with Crippen LogP contribution in [0.4, 0.5) is 0 Å². The van der Waals surface area contributed by atoms with Gasteiger partial charge in [-0.05, 0) is 31.2 Å². The largest absolute Gasteiger partial charge is 0.455 e. The van der Waals surface area contributed by atoms with Crippen LogP contribution in [0.5, 0.6) is 0 Å². The highest BCUT2D eigenvalue weighted by molar-refractivity contribution is 9.09. The van der Waals surface area contributed by atoms with E-state index in [9.17, 15) is 24.3 Å². The Labute approximate surface area is 291 Å². The van der Waals surface area contributed by atoms with Crippen LogP contribution in [0.2, 0.25) is 0 Å². The van der Waals surface area contributed by atoms with Crippen molar-refractivity contribution in [1.82, 2.24) is 15.1 Å². The van der Waals surface area contributed by atoms with E-state index in [1.807, 2.05) is 23.1 Å². The van der Waals surface area contributed by atoms with E-state index in [1.165, 1.54) is 12.0 Å². The zero-order chi connectivity index (χ0) is 34.4. The number of rotatable bonds is 16. The van der Waals surface area contributed by atoms with Crippen molar-refractivity contribution in [3.8, 4) is 0 Å². The molecule has 5 rings (SSSR count). The SMILES string of the molecule is C=CCCC(=O)N[C@H](COC)[C@H](OC(=O)[C@@H]1[C@H]2O[C@@]3(CC2Br)[C@H](C(=O)N(CC=C)C2CCCCC2)N(CCO)C(=O)[C@@H]13)c1ccccc1. The number of carbonyl (C=O) groups is 4. The van der Waals surface area contributed by atoms with Crippen LogP contribution >= 0.6 is 15.9 Å². The van der Waals surface area contributed by atoms with Crippen molar-refractivity contribution in [1.29, 1.82) is 0 Å². The molecule has 4 fully saturated rings. The third-order valence-corrected chi connectivity index (χ3v) is 11.1. The van der Waals surface area contributed by atoms with Crippen LogP contribution in [0.3, 0.4) is 0 Å². The molecule has 2 bridgehead atoms. The molecule has 11 nitrogen and oxygen atoms in total. The van der Waals surface area contributed by atoms with E-state index in [0.29, 0.717) is 24.9 Å². The second-order valence-electron chi connectivity index (χ2n) is 13.2. The fourth-order valence-corrected chi connectivity index (χ4v) is 9.20. The van der Waals surface area contributed by atoms with Crippen molar-refractivity contribution in [3.63, 3.8) is 0 Å². The minimum atomic E-state index is -1.28. The molecule has 1 saturated carbocycles. The summed E-state index contributed by atoms with van der Waals surface area (Å²) in [6, 6.07) is 7.35. The molecule has 0 aromatic heterocycles. The smallest absolute Gasteiger partial charge is 0.313 e. The van der Waals surface area contributed by atoms with Gasteiger partial charge in [0.2, 0.25) is 17.7 Å². The molecule has 0 radical (unpaired) electrons. The van der Waals surface area contributed by atoms with Crippen molar-refractivity contribution in [3.05, 3.63) is 61.2 Å². The van der Waals surface area contributed by atoms with Crippen LogP contribution in [-0.2, 0) is 33.4 Å². The zero-order valence-electron chi connectivity index (χ0n) is 27.6. The number of benzene rings is 1. The molecule has 3 aliphatic heterocycles. The summed E-state index contributed by atoms with van der Waals surface area (Å²) in [6.45, 7) is 7.55. The molecule has 3 amide bonds. The van der Waals surface area contributed by atoms with Crippen LogP contribution in [0.25, 0.3) is 0 Å². The van der Waals surface area contributed by atoms with Crippen LogP contribution < -0.4 is 5.32 Å². The fraction of sp³-hybridized carbons (Fsp3) is 0.611. The molecule has 1 aliphatic carbocycles. The van der Waals surface area contributed by atoms with E-state index in [4.69, 9.17) is 14.2 Å². The molecule has 12 heteroatoms. The van der Waals surface area contributed by atoms with Gasteiger partial charge in [-0.1, -0.05) is 77.7 Å². The van der Waals surface area contributed by atoms with Crippen LogP contribution in [-0.4, -0.2) is 107 Å². The Morgan fingerprint density at radius 3 is 2.56 bits per heavy atom. The highest BCUT2D eigenvalue weighted by Crippen LogP contribution is 2.60. The molecule has 3 saturated heterocycles. The number of fused-ring (bicyclic) bond motifs is 1. The molecule has 8 atom stereocenters. The zero-order valence-corrected chi connectivity index (χ0v) is 29.2. The van der Waals surface area contributed by atoms with Gasteiger partial charge in [-0.15, -0.1) is 13.2 Å². The molecule has 3 heterocycles. The van der Waals surface area contributed by atoms with Gasteiger partial charge in [0.15, 0.2) is 0 Å². The maximum absolute atomic E-state index is 14.6. The number of ether oxygens (including phenoxy) is 3. The summed E-state index contributed by atoms with van der Waals surface area (Å²) in [5.74, 6) is -3.57. The van der Waals surface area contributed by atoms with Gasteiger partial charge in [0.1, 0.15) is 17.7 Å². The van der Waals surface area contributed by atoms with Crippen molar-refractivity contribution in [2.24, 2.45) is 11.8 Å². The van der Waals surface area contributed by atoms with E-state index in [-0.39, 0.29) is 48.9 Å². The van der Waals surface area contributed by atoms with Gasteiger partial charge in [0.25, 0.3) is 0 Å². The van der Waals surface area contributed by atoms with Crippen LogP contribution in [0, 0.1) is 11.8 Å². The number of halogens is 1. The van der Waals surface area contributed by atoms with E-state index < -0.39 is 53.6 Å². The Morgan fingerprint density at radius 2 is 1.92 bits per heavy atom. The number of esters is 1. The second-order valence-corrected chi connectivity index (χ2v) is 14.4. The summed E-state index contributed by atoms with van der Waals surface area (Å²) in [6.07, 6.45) is 7.61. The molecular weight excluding hydrogens is 682 g/mol.